The first-order chi connectivity index (χ1) is 13.7. The molecule has 0 aliphatic carbocycles. The van der Waals surface area contributed by atoms with E-state index in [1.54, 1.807) is 0 Å². The quantitative estimate of drug-likeness (QED) is 0.562. The fraction of sp³-hybridized carbons (Fsp3) is 0.312. The van der Waals surface area contributed by atoms with Crippen LogP contribution in [0.15, 0.2) is 29.2 Å². The number of carboxylic acid groups (broad SMARTS) is 1. The smallest absolute Gasteiger partial charge is 0.313 e. The van der Waals surface area contributed by atoms with Crippen molar-refractivity contribution < 1.29 is 27.9 Å². The Morgan fingerprint density at radius 3 is 2.59 bits per heavy atom. The van der Waals surface area contributed by atoms with Gasteiger partial charge in [-0.15, -0.1) is 22.0 Å². The van der Waals surface area contributed by atoms with Crippen LogP contribution in [0.3, 0.4) is 0 Å². The first kappa shape index (κ1) is 21.2. The minimum atomic E-state index is -3.90. The number of amides is 2. The minimum Gasteiger partial charge on any atom is -0.481 e. The van der Waals surface area contributed by atoms with Gasteiger partial charge in [-0.1, -0.05) is 18.3 Å². The Labute approximate surface area is 174 Å². The number of carbonyl (C=O) groups excluding carboxylic acids is 2. The highest BCUT2D eigenvalue weighted by Crippen LogP contribution is 2.30. The molecule has 2 heterocycles. The van der Waals surface area contributed by atoms with Crippen LogP contribution in [-0.4, -0.2) is 52.5 Å². The number of benzene rings is 1. The fourth-order valence-corrected chi connectivity index (χ4v) is 5.33. The average molecular weight is 457 g/mol. The van der Waals surface area contributed by atoms with Gasteiger partial charge < -0.3 is 5.11 Å². The number of sulfonamides is 1. The lowest BCUT2D eigenvalue weighted by atomic mass is 10.3. The largest absolute Gasteiger partial charge is 0.481 e. The molecule has 1 aromatic heterocycles. The molecule has 1 aromatic carbocycles. The van der Waals surface area contributed by atoms with E-state index >= 15 is 0 Å². The summed E-state index contributed by atoms with van der Waals surface area (Å²) in [4.78, 5) is 36.2. The molecule has 1 atom stereocenters. The van der Waals surface area contributed by atoms with Crippen LogP contribution < -0.4 is 9.62 Å². The zero-order chi connectivity index (χ0) is 21.2. The van der Waals surface area contributed by atoms with E-state index in [2.05, 4.69) is 14.9 Å². The van der Waals surface area contributed by atoms with Crippen molar-refractivity contribution in [1.82, 2.24) is 10.2 Å². The molecule has 1 aliphatic rings. The Hall–Kier alpha value is -2.51. The van der Waals surface area contributed by atoms with E-state index in [1.807, 2.05) is 6.92 Å². The Kier molecular flexibility index (Phi) is 6.19. The van der Waals surface area contributed by atoms with Gasteiger partial charge in [0.1, 0.15) is 5.01 Å². The highest BCUT2D eigenvalue weighted by Gasteiger charge is 2.40. The van der Waals surface area contributed by atoms with Gasteiger partial charge in [0.05, 0.1) is 21.6 Å². The van der Waals surface area contributed by atoms with Crippen LogP contribution in [-0.2, 0) is 30.8 Å². The summed E-state index contributed by atoms with van der Waals surface area (Å²) in [7, 11) is -3.90. The van der Waals surface area contributed by atoms with Crippen LogP contribution in [0.5, 0.6) is 0 Å². The molecule has 0 saturated carbocycles. The van der Waals surface area contributed by atoms with E-state index in [1.165, 1.54) is 24.3 Å². The molecule has 0 bridgehead atoms. The maximum absolute atomic E-state index is 12.5. The van der Waals surface area contributed by atoms with Gasteiger partial charge >= 0.3 is 5.97 Å². The summed E-state index contributed by atoms with van der Waals surface area (Å²) in [5.74, 6) is -2.34. The number of aryl methyl sites for hydroxylation is 1. The molecule has 0 radical (unpaired) electrons. The predicted octanol–water partition coefficient (Wildman–Crippen LogP) is 1.35. The number of carbonyl (C=O) groups is 3. The van der Waals surface area contributed by atoms with Crippen LogP contribution in [0.25, 0.3) is 0 Å². The maximum Gasteiger partial charge on any atom is 0.313 e. The lowest BCUT2D eigenvalue weighted by Crippen LogP contribution is -2.31. The van der Waals surface area contributed by atoms with Crippen LogP contribution in [0.1, 0.15) is 18.4 Å². The van der Waals surface area contributed by atoms with Gasteiger partial charge in [0.15, 0.2) is 0 Å². The van der Waals surface area contributed by atoms with Gasteiger partial charge in [0, 0.05) is 6.42 Å². The van der Waals surface area contributed by atoms with E-state index in [9.17, 15) is 22.8 Å². The van der Waals surface area contributed by atoms with Gasteiger partial charge in [-0.05, 0) is 30.7 Å². The van der Waals surface area contributed by atoms with Crippen LogP contribution >= 0.6 is 23.1 Å². The molecule has 2 aromatic rings. The number of imide groups is 1. The molecule has 1 saturated heterocycles. The van der Waals surface area contributed by atoms with Crippen molar-refractivity contribution in [1.29, 1.82) is 0 Å². The molecule has 1 fully saturated rings. The summed E-state index contributed by atoms with van der Waals surface area (Å²) in [5.41, 5.74) is 0.224. The number of hydrogen-bond donors (Lipinski definition) is 2. The summed E-state index contributed by atoms with van der Waals surface area (Å²) in [6.45, 7) is 1.88. The summed E-state index contributed by atoms with van der Waals surface area (Å²) in [6, 6.07) is 5.26. The van der Waals surface area contributed by atoms with Gasteiger partial charge in [-0.3, -0.25) is 19.1 Å². The van der Waals surface area contributed by atoms with E-state index in [0.717, 1.165) is 28.0 Å². The molecule has 2 N–H and O–H groups in total. The molecule has 1 unspecified atom stereocenters. The van der Waals surface area contributed by atoms with E-state index in [-0.39, 0.29) is 27.9 Å². The van der Waals surface area contributed by atoms with Crippen LogP contribution in [0.4, 0.5) is 10.8 Å². The molecule has 2 amide bonds. The Morgan fingerprint density at radius 2 is 2.00 bits per heavy atom. The van der Waals surface area contributed by atoms with Crippen molar-refractivity contribution in [3.05, 3.63) is 29.3 Å². The number of aromatic nitrogens is 2. The molecule has 1 aliphatic heterocycles. The second-order valence-electron chi connectivity index (χ2n) is 5.92. The summed E-state index contributed by atoms with van der Waals surface area (Å²) < 4.78 is 27.3. The fourth-order valence-electron chi connectivity index (χ4n) is 2.56. The number of rotatable bonds is 8. The monoisotopic (exact) mass is 456 g/mol. The molecular formula is C16H16N4O6S3. The Balaban J connectivity index is 1.74. The third kappa shape index (κ3) is 4.74. The number of nitrogens with zero attached hydrogens (tertiary/aromatic N) is 3. The number of thioether (sulfide) groups is 1. The standard InChI is InChI=1S/C16H16N4O6S3/c1-2-12-17-18-16(28-12)19-29(25,26)10-5-3-9(4-6-10)20-13(21)7-11(15(20)24)27-8-14(22)23/h3-6,11H,2,7-8H2,1H3,(H,18,19)(H,22,23). The highest BCUT2D eigenvalue weighted by molar-refractivity contribution is 8.01. The normalized spacial score (nSPS) is 17.0. The molecule has 10 nitrogen and oxygen atoms in total. The van der Waals surface area contributed by atoms with Crippen molar-refractivity contribution in [3.8, 4) is 0 Å². The lowest BCUT2D eigenvalue weighted by molar-refractivity contribution is -0.134. The Bertz CT molecular complexity index is 1050. The number of nitrogens with one attached hydrogen (secondary N) is 1. The number of carboxylic acids is 1. The summed E-state index contributed by atoms with van der Waals surface area (Å²) in [6.07, 6.45) is 0.535. The maximum atomic E-state index is 12.5. The second-order valence-corrected chi connectivity index (χ2v) is 9.85. The third-order valence-electron chi connectivity index (χ3n) is 3.91. The Morgan fingerprint density at radius 1 is 1.31 bits per heavy atom. The number of anilines is 2. The van der Waals surface area contributed by atoms with E-state index in [4.69, 9.17) is 5.11 Å². The van der Waals surface area contributed by atoms with Crippen molar-refractivity contribution in [3.63, 3.8) is 0 Å². The second kappa shape index (κ2) is 8.47. The zero-order valence-electron chi connectivity index (χ0n) is 15.1. The summed E-state index contributed by atoms with van der Waals surface area (Å²) in [5, 5.41) is 16.4. The van der Waals surface area contributed by atoms with Gasteiger partial charge in [0.2, 0.25) is 16.9 Å². The first-order valence-electron chi connectivity index (χ1n) is 8.36. The average Bonchev–Trinajstić information content (AvgIpc) is 3.23. The van der Waals surface area contributed by atoms with Gasteiger partial charge in [0.25, 0.3) is 10.0 Å². The van der Waals surface area contributed by atoms with Crippen molar-refractivity contribution in [2.24, 2.45) is 0 Å². The molecule has 0 spiro atoms. The first-order valence-corrected chi connectivity index (χ1v) is 11.7. The van der Waals surface area contributed by atoms with E-state index < -0.39 is 33.1 Å². The van der Waals surface area contributed by atoms with Gasteiger partial charge in [-0.25, -0.2) is 13.3 Å². The minimum absolute atomic E-state index is 0.0644. The zero-order valence-corrected chi connectivity index (χ0v) is 17.5. The van der Waals surface area contributed by atoms with Crippen molar-refractivity contribution in [2.45, 2.75) is 29.9 Å². The molecule has 154 valence electrons. The highest BCUT2D eigenvalue weighted by atomic mass is 32.2. The van der Waals surface area contributed by atoms with Crippen LogP contribution in [0, 0.1) is 0 Å². The number of hydrogen-bond acceptors (Lipinski definition) is 9. The van der Waals surface area contributed by atoms with Crippen molar-refractivity contribution in [2.75, 3.05) is 15.4 Å². The third-order valence-corrected chi connectivity index (χ3v) is 7.56. The predicted molar refractivity (Wildman–Crippen MR) is 108 cm³/mol. The molecule has 29 heavy (non-hydrogen) atoms. The summed E-state index contributed by atoms with van der Waals surface area (Å²) >= 11 is 2.02. The molecule has 13 heteroatoms. The number of aliphatic carboxylic acids is 1. The van der Waals surface area contributed by atoms with E-state index in [0.29, 0.717) is 11.4 Å². The lowest BCUT2D eigenvalue weighted by Gasteiger charge is -2.15. The van der Waals surface area contributed by atoms with Crippen molar-refractivity contribution >= 4 is 61.7 Å². The SMILES string of the molecule is CCc1nnc(NS(=O)(=O)c2ccc(N3C(=O)CC(SCC(=O)O)C3=O)cc2)s1. The topological polar surface area (TPSA) is 147 Å². The molecule has 3 rings (SSSR count). The molecular weight excluding hydrogens is 440 g/mol. The van der Waals surface area contributed by atoms with Gasteiger partial charge in [-0.2, -0.15) is 0 Å². The van der Waals surface area contributed by atoms with Crippen LogP contribution in [0.2, 0.25) is 0 Å².